The lowest BCUT2D eigenvalue weighted by molar-refractivity contribution is 0.0955. The Bertz CT molecular complexity index is 608. The van der Waals surface area contributed by atoms with E-state index in [-0.39, 0.29) is 5.91 Å². The minimum absolute atomic E-state index is 0.0246. The van der Waals surface area contributed by atoms with Crippen molar-refractivity contribution in [3.05, 3.63) is 46.5 Å². The van der Waals surface area contributed by atoms with Gasteiger partial charge in [0.25, 0.3) is 5.91 Å². The van der Waals surface area contributed by atoms with Gasteiger partial charge in [0.05, 0.1) is 5.69 Å². The molecule has 0 spiro atoms. The minimum atomic E-state index is -0.0246. The van der Waals surface area contributed by atoms with E-state index in [0.717, 1.165) is 17.2 Å². The van der Waals surface area contributed by atoms with Crippen LogP contribution in [0.15, 0.2) is 30.3 Å². The Morgan fingerprint density at radius 3 is 2.68 bits per heavy atom. The van der Waals surface area contributed by atoms with Crippen LogP contribution >= 0.6 is 11.3 Å². The lowest BCUT2D eigenvalue weighted by Crippen LogP contribution is -2.25. The fourth-order valence-corrected chi connectivity index (χ4v) is 2.89. The van der Waals surface area contributed by atoms with E-state index in [1.54, 1.807) is 0 Å². The maximum Gasteiger partial charge on any atom is 0.263 e. The van der Waals surface area contributed by atoms with E-state index in [1.165, 1.54) is 16.9 Å². The Morgan fingerprint density at radius 2 is 2.00 bits per heavy atom. The van der Waals surface area contributed by atoms with E-state index in [0.29, 0.717) is 23.9 Å². The molecule has 0 radical (unpaired) electrons. The molecule has 0 saturated carbocycles. The number of aromatic nitrogens is 1. The number of carbonyl (C=O) groups is 1. The van der Waals surface area contributed by atoms with Gasteiger partial charge in [0, 0.05) is 13.1 Å². The van der Waals surface area contributed by atoms with Gasteiger partial charge in [0.15, 0.2) is 5.13 Å². The second-order valence-corrected chi connectivity index (χ2v) is 6.71. The highest BCUT2D eigenvalue weighted by atomic mass is 32.1. The molecule has 0 aliphatic heterocycles. The summed E-state index contributed by atoms with van der Waals surface area (Å²) in [4.78, 5) is 17.3. The van der Waals surface area contributed by atoms with Crippen LogP contribution in [-0.2, 0) is 6.54 Å². The summed E-state index contributed by atoms with van der Waals surface area (Å²) in [6.07, 6.45) is 0.989. The summed E-state index contributed by atoms with van der Waals surface area (Å²) < 4.78 is 0. The van der Waals surface area contributed by atoms with Crippen molar-refractivity contribution in [2.45, 2.75) is 33.7 Å². The second kappa shape index (κ2) is 7.94. The number of anilines is 1. The summed E-state index contributed by atoms with van der Waals surface area (Å²) in [5, 5.41) is 7.03. The van der Waals surface area contributed by atoms with Crippen LogP contribution in [0.3, 0.4) is 0 Å². The fraction of sp³-hybridized carbons (Fsp3) is 0.412. The number of carbonyl (C=O) groups excluding carboxylic acids is 1. The van der Waals surface area contributed by atoms with Gasteiger partial charge in [-0.15, -0.1) is 0 Å². The van der Waals surface area contributed by atoms with Crippen LogP contribution in [-0.4, -0.2) is 17.4 Å². The SMILES string of the molecule is Cc1nc(NCc2ccccc2)sc1C(=O)NCCC(C)C. The Hall–Kier alpha value is -1.88. The Morgan fingerprint density at radius 1 is 1.27 bits per heavy atom. The Kier molecular flexibility index (Phi) is 5.95. The molecular formula is C17H23N3OS. The molecule has 0 aliphatic rings. The first-order chi connectivity index (χ1) is 10.6. The fourth-order valence-electron chi connectivity index (χ4n) is 2.01. The Balaban J connectivity index is 1.91. The molecule has 1 aromatic heterocycles. The van der Waals surface area contributed by atoms with E-state index >= 15 is 0 Å². The van der Waals surface area contributed by atoms with Crippen molar-refractivity contribution in [1.82, 2.24) is 10.3 Å². The standard InChI is InChI=1S/C17H23N3OS/c1-12(2)9-10-18-16(21)15-13(3)20-17(22-15)19-11-14-7-5-4-6-8-14/h4-8,12H,9-11H2,1-3H3,(H,18,21)(H,19,20). The van der Waals surface area contributed by atoms with Crippen LogP contribution in [0.1, 0.15) is 41.2 Å². The van der Waals surface area contributed by atoms with Gasteiger partial charge in [-0.05, 0) is 24.8 Å². The first-order valence-corrected chi connectivity index (χ1v) is 8.41. The van der Waals surface area contributed by atoms with E-state index < -0.39 is 0 Å². The number of amides is 1. The topological polar surface area (TPSA) is 54.0 Å². The molecule has 118 valence electrons. The van der Waals surface area contributed by atoms with E-state index in [4.69, 9.17) is 0 Å². The van der Waals surface area contributed by atoms with E-state index in [9.17, 15) is 4.79 Å². The van der Waals surface area contributed by atoms with Gasteiger partial charge in [0.1, 0.15) is 4.88 Å². The summed E-state index contributed by atoms with van der Waals surface area (Å²) in [6, 6.07) is 10.1. The van der Waals surface area contributed by atoms with Crippen LogP contribution in [0.4, 0.5) is 5.13 Å². The van der Waals surface area contributed by atoms with Gasteiger partial charge in [-0.25, -0.2) is 4.98 Å². The lowest BCUT2D eigenvalue weighted by atomic mass is 10.1. The molecule has 22 heavy (non-hydrogen) atoms. The number of thiazole rings is 1. The normalized spacial score (nSPS) is 10.7. The third-order valence-electron chi connectivity index (χ3n) is 3.30. The van der Waals surface area contributed by atoms with Gasteiger partial charge in [-0.3, -0.25) is 4.79 Å². The maximum atomic E-state index is 12.2. The molecule has 0 fully saturated rings. The molecule has 0 atom stereocenters. The molecule has 0 saturated heterocycles. The molecule has 2 rings (SSSR count). The molecular weight excluding hydrogens is 294 g/mol. The van der Waals surface area contributed by atoms with Gasteiger partial charge >= 0.3 is 0 Å². The summed E-state index contributed by atoms with van der Waals surface area (Å²) in [6.45, 7) is 7.59. The van der Waals surface area contributed by atoms with Gasteiger partial charge in [-0.2, -0.15) is 0 Å². The third-order valence-corrected chi connectivity index (χ3v) is 4.41. The molecule has 1 heterocycles. The highest BCUT2D eigenvalue weighted by Gasteiger charge is 2.14. The number of hydrogen-bond donors (Lipinski definition) is 2. The first-order valence-electron chi connectivity index (χ1n) is 7.59. The van der Waals surface area contributed by atoms with Crippen molar-refractivity contribution in [1.29, 1.82) is 0 Å². The van der Waals surface area contributed by atoms with Crippen molar-refractivity contribution < 1.29 is 4.79 Å². The number of nitrogens with zero attached hydrogens (tertiary/aromatic N) is 1. The zero-order valence-corrected chi connectivity index (χ0v) is 14.2. The first kappa shape index (κ1) is 16.5. The van der Waals surface area contributed by atoms with Crippen LogP contribution in [0.25, 0.3) is 0 Å². The highest BCUT2D eigenvalue weighted by Crippen LogP contribution is 2.23. The van der Waals surface area contributed by atoms with Crippen LogP contribution in [0.2, 0.25) is 0 Å². The number of aryl methyl sites for hydroxylation is 1. The molecule has 4 nitrogen and oxygen atoms in total. The van der Waals surface area contributed by atoms with Crippen molar-refractivity contribution in [3.63, 3.8) is 0 Å². The summed E-state index contributed by atoms with van der Waals surface area (Å²) in [5.41, 5.74) is 1.97. The predicted molar refractivity (Wildman–Crippen MR) is 92.4 cm³/mol. The monoisotopic (exact) mass is 317 g/mol. The van der Waals surface area contributed by atoms with E-state index in [1.807, 2.05) is 25.1 Å². The molecule has 0 bridgehead atoms. The molecule has 1 aromatic carbocycles. The second-order valence-electron chi connectivity index (χ2n) is 5.71. The summed E-state index contributed by atoms with van der Waals surface area (Å²) in [7, 11) is 0. The predicted octanol–water partition coefficient (Wildman–Crippen LogP) is 3.84. The molecule has 2 aromatic rings. The number of rotatable bonds is 7. The Labute approximate surface area is 136 Å². The summed E-state index contributed by atoms with van der Waals surface area (Å²) in [5.74, 6) is 0.564. The zero-order chi connectivity index (χ0) is 15.9. The quantitative estimate of drug-likeness (QED) is 0.816. The maximum absolute atomic E-state index is 12.2. The van der Waals surface area contributed by atoms with Crippen molar-refractivity contribution in [2.24, 2.45) is 5.92 Å². The zero-order valence-electron chi connectivity index (χ0n) is 13.3. The van der Waals surface area contributed by atoms with Gasteiger partial charge in [0.2, 0.25) is 0 Å². The number of nitrogens with one attached hydrogen (secondary N) is 2. The average molecular weight is 317 g/mol. The number of benzene rings is 1. The van der Waals surface area contributed by atoms with Crippen molar-refractivity contribution in [3.8, 4) is 0 Å². The third kappa shape index (κ3) is 4.84. The van der Waals surface area contributed by atoms with Crippen LogP contribution < -0.4 is 10.6 Å². The van der Waals surface area contributed by atoms with E-state index in [2.05, 4.69) is 41.6 Å². The van der Waals surface area contributed by atoms with Gasteiger partial charge < -0.3 is 10.6 Å². The van der Waals surface area contributed by atoms with Gasteiger partial charge in [-0.1, -0.05) is 55.5 Å². The molecule has 5 heteroatoms. The summed E-state index contributed by atoms with van der Waals surface area (Å²) >= 11 is 1.41. The van der Waals surface area contributed by atoms with Crippen molar-refractivity contribution in [2.75, 3.05) is 11.9 Å². The number of hydrogen-bond acceptors (Lipinski definition) is 4. The molecule has 1 amide bonds. The van der Waals surface area contributed by atoms with Crippen LogP contribution in [0.5, 0.6) is 0 Å². The average Bonchev–Trinajstić information content (AvgIpc) is 2.87. The highest BCUT2D eigenvalue weighted by molar-refractivity contribution is 7.17. The molecule has 0 aliphatic carbocycles. The minimum Gasteiger partial charge on any atom is -0.357 e. The lowest BCUT2D eigenvalue weighted by Gasteiger charge is -2.06. The largest absolute Gasteiger partial charge is 0.357 e. The smallest absolute Gasteiger partial charge is 0.263 e. The molecule has 2 N–H and O–H groups in total. The molecule has 0 unspecified atom stereocenters. The van der Waals surface area contributed by atoms with Crippen LogP contribution in [0, 0.1) is 12.8 Å². The van der Waals surface area contributed by atoms with Crippen molar-refractivity contribution >= 4 is 22.4 Å².